The van der Waals surface area contributed by atoms with Crippen LogP contribution in [0.5, 0.6) is 0 Å². The topological polar surface area (TPSA) is 38.3 Å². The lowest BCUT2D eigenvalue weighted by atomic mass is 10.1. The van der Waals surface area contributed by atoms with Crippen LogP contribution in [0.2, 0.25) is 0 Å². The highest BCUT2D eigenvalue weighted by Gasteiger charge is 2.16. The third-order valence-electron chi connectivity index (χ3n) is 2.47. The van der Waals surface area contributed by atoms with Crippen molar-refractivity contribution in [3.63, 3.8) is 0 Å². The van der Waals surface area contributed by atoms with E-state index in [0.717, 1.165) is 30.8 Å². The molecule has 0 spiro atoms. The maximum atomic E-state index is 11.5. The number of nitrogens with one attached hydrogen (secondary N) is 1. The first-order valence-corrected chi connectivity index (χ1v) is 6.12. The standard InChI is InChI=1S/C11H15NO2S.ClH/c1-2-14-11(13)10-7-8-3-5-12-6-4-9(8)15-10;/h7,12H,2-6H2,1H3;1H. The van der Waals surface area contributed by atoms with E-state index >= 15 is 0 Å². The van der Waals surface area contributed by atoms with E-state index in [9.17, 15) is 4.79 Å². The molecule has 3 nitrogen and oxygen atoms in total. The van der Waals surface area contributed by atoms with Crippen LogP contribution in [0.1, 0.15) is 27.0 Å². The Balaban J connectivity index is 0.00000128. The predicted molar refractivity (Wildman–Crippen MR) is 67.8 cm³/mol. The molecule has 90 valence electrons. The van der Waals surface area contributed by atoms with Gasteiger partial charge < -0.3 is 10.1 Å². The van der Waals surface area contributed by atoms with Crippen molar-refractivity contribution >= 4 is 29.7 Å². The van der Waals surface area contributed by atoms with E-state index in [-0.39, 0.29) is 18.4 Å². The van der Waals surface area contributed by atoms with Crippen molar-refractivity contribution in [2.75, 3.05) is 19.7 Å². The minimum Gasteiger partial charge on any atom is -0.462 e. The zero-order valence-corrected chi connectivity index (χ0v) is 10.9. The molecule has 0 radical (unpaired) electrons. The number of rotatable bonds is 2. The smallest absolute Gasteiger partial charge is 0.348 e. The first-order valence-electron chi connectivity index (χ1n) is 5.30. The Hall–Kier alpha value is -0.580. The van der Waals surface area contributed by atoms with Gasteiger partial charge in [-0.3, -0.25) is 0 Å². The Morgan fingerprint density at radius 3 is 3.00 bits per heavy atom. The van der Waals surface area contributed by atoms with E-state index in [0.29, 0.717) is 6.61 Å². The Morgan fingerprint density at radius 2 is 2.25 bits per heavy atom. The largest absolute Gasteiger partial charge is 0.462 e. The van der Waals surface area contributed by atoms with Gasteiger partial charge in [0.2, 0.25) is 0 Å². The summed E-state index contributed by atoms with van der Waals surface area (Å²) in [5, 5.41) is 3.34. The Kier molecular flexibility index (Phi) is 5.25. The maximum Gasteiger partial charge on any atom is 0.348 e. The van der Waals surface area contributed by atoms with Gasteiger partial charge in [0.05, 0.1) is 6.61 Å². The molecule has 2 heterocycles. The molecule has 1 aliphatic rings. The average Bonchev–Trinajstić information content (AvgIpc) is 2.51. The van der Waals surface area contributed by atoms with Crippen LogP contribution >= 0.6 is 23.7 Å². The summed E-state index contributed by atoms with van der Waals surface area (Å²) in [7, 11) is 0. The lowest BCUT2D eigenvalue weighted by molar-refractivity contribution is 0.0532. The predicted octanol–water partition coefficient (Wildman–Crippen LogP) is 2.03. The van der Waals surface area contributed by atoms with Gasteiger partial charge in [-0.25, -0.2) is 4.79 Å². The van der Waals surface area contributed by atoms with Gasteiger partial charge in [0, 0.05) is 4.88 Å². The van der Waals surface area contributed by atoms with E-state index in [4.69, 9.17) is 4.74 Å². The van der Waals surface area contributed by atoms with Gasteiger partial charge in [0.25, 0.3) is 0 Å². The van der Waals surface area contributed by atoms with E-state index in [1.807, 2.05) is 13.0 Å². The molecular formula is C11H16ClNO2S. The second-order valence-corrected chi connectivity index (χ2v) is 4.67. The van der Waals surface area contributed by atoms with Gasteiger partial charge in [-0.2, -0.15) is 0 Å². The minimum absolute atomic E-state index is 0. The molecule has 0 saturated carbocycles. The molecule has 0 atom stereocenters. The molecular weight excluding hydrogens is 246 g/mol. The summed E-state index contributed by atoms with van der Waals surface area (Å²) in [6.45, 7) is 4.30. The third kappa shape index (κ3) is 2.97. The van der Waals surface area contributed by atoms with Gasteiger partial charge in [0.15, 0.2) is 0 Å². The summed E-state index contributed by atoms with van der Waals surface area (Å²) in [6, 6.07) is 1.99. The van der Waals surface area contributed by atoms with Gasteiger partial charge in [-0.15, -0.1) is 23.7 Å². The molecule has 0 amide bonds. The summed E-state index contributed by atoms with van der Waals surface area (Å²) < 4.78 is 4.99. The number of halogens is 1. The van der Waals surface area contributed by atoms with Crippen LogP contribution in [-0.4, -0.2) is 25.7 Å². The molecule has 2 rings (SSSR count). The molecule has 1 aliphatic heterocycles. The fourth-order valence-corrected chi connectivity index (χ4v) is 2.85. The number of ether oxygens (including phenoxy) is 1. The number of hydrogen-bond donors (Lipinski definition) is 1. The number of hydrogen-bond acceptors (Lipinski definition) is 4. The highest BCUT2D eigenvalue weighted by atomic mass is 35.5. The minimum atomic E-state index is -0.177. The molecule has 0 bridgehead atoms. The average molecular weight is 262 g/mol. The number of carbonyl (C=O) groups is 1. The van der Waals surface area contributed by atoms with Crippen LogP contribution < -0.4 is 5.32 Å². The second kappa shape index (κ2) is 6.23. The quantitative estimate of drug-likeness (QED) is 0.828. The van der Waals surface area contributed by atoms with E-state index < -0.39 is 0 Å². The summed E-state index contributed by atoms with van der Waals surface area (Å²) >= 11 is 1.58. The number of thiophene rings is 1. The van der Waals surface area contributed by atoms with Gasteiger partial charge in [-0.1, -0.05) is 0 Å². The Labute approximate surface area is 106 Å². The van der Waals surface area contributed by atoms with E-state index in [1.54, 1.807) is 11.3 Å². The summed E-state index contributed by atoms with van der Waals surface area (Å²) in [6.07, 6.45) is 2.05. The van der Waals surface area contributed by atoms with Crippen molar-refractivity contribution in [3.05, 3.63) is 21.4 Å². The lowest BCUT2D eigenvalue weighted by Crippen LogP contribution is -2.16. The van der Waals surface area contributed by atoms with Crippen LogP contribution in [0.3, 0.4) is 0 Å². The fourth-order valence-electron chi connectivity index (χ4n) is 1.74. The molecule has 1 aromatic heterocycles. The van der Waals surface area contributed by atoms with Crippen molar-refractivity contribution in [2.24, 2.45) is 0 Å². The molecule has 16 heavy (non-hydrogen) atoms. The van der Waals surface area contributed by atoms with E-state index in [2.05, 4.69) is 5.32 Å². The number of fused-ring (bicyclic) bond motifs is 1. The summed E-state index contributed by atoms with van der Waals surface area (Å²) in [4.78, 5) is 13.6. The van der Waals surface area contributed by atoms with Crippen LogP contribution in [0.15, 0.2) is 6.07 Å². The summed E-state index contributed by atoms with van der Waals surface area (Å²) in [5.41, 5.74) is 1.31. The highest BCUT2D eigenvalue weighted by molar-refractivity contribution is 7.14. The Morgan fingerprint density at radius 1 is 1.50 bits per heavy atom. The van der Waals surface area contributed by atoms with Crippen molar-refractivity contribution in [1.82, 2.24) is 5.32 Å². The fraction of sp³-hybridized carbons (Fsp3) is 0.545. The zero-order chi connectivity index (χ0) is 10.7. The van der Waals surface area contributed by atoms with Crippen molar-refractivity contribution in [1.29, 1.82) is 0 Å². The van der Waals surface area contributed by atoms with Gasteiger partial charge in [-0.05, 0) is 44.5 Å². The number of esters is 1. The Bertz CT molecular complexity index is 341. The summed E-state index contributed by atoms with van der Waals surface area (Å²) in [5.74, 6) is -0.177. The second-order valence-electron chi connectivity index (χ2n) is 3.53. The van der Waals surface area contributed by atoms with Gasteiger partial charge >= 0.3 is 5.97 Å². The first-order chi connectivity index (χ1) is 7.31. The molecule has 0 aromatic carbocycles. The molecule has 1 aromatic rings. The molecule has 0 unspecified atom stereocenters. The van der Waals surface area contributed by atoms with Crippen LogP contribution in [-0.2, 0) is 17.6 Å². The van der Waals surface area contributed by atoms with Crippen molar-refractivity contribution in [3.8, 4) is 0 Å². The maximum absolute atomic E-state index is 11.5. The number of carbonyl (C=O) groups excluding carboxylic acids is 1. The van der Waals surface area contributed by atoms with Crippen LogP contribution in [0.25, 0.3) is 0 Å². The highest BCUT2D eigenvalue weighted by Crippen LogP contribution is 2.25. The first kappa shape index (κ1) is 13.5. The molecule has 0 fully saturated rings. The van der Waals surface area contributed by atoms with Crippen LogP contribution in [0.4, 0.5) is 0 Å². The molecule has 5 heteroatoms. The van der Waals surface area contributed by atoms with Crippen molar-refractivity contribution < 1.29 is 9.53 Å². The molecule has 0 saturated heterocycles. The normalized spacial score (nSPS) is 14.6. The SMILES string of the molecule is CCOC(=O)c1cc2c(s1)CCNCC2.Cl. The zero-order valence-electron chi connectivity index (χ0n) is 9.25. The monoisotopic (exact) mass is 261 g/mol. The van der Waals surface area contributed by atoms with Crippen molar-refractivity contribution in [2.45, 2.75) is 19.8 Å². The third-order valence-corrected chi connectivity index (χ3v) is 3.69. The molecule has 1 N–H and O–H groups in total. The van der Waals surface area contributed by atoms with Gasteiger partial charge in [0.1, 0.15) is 4.88 Å². The molecule has 0 aliphatic carbocycles. The lowest BCUT2D eigenvalue weighted by Gasteiger charge is -1.98. The van der Waals surface area contributed by atoms with Crippen LogP contribution in [0, 0.1) is 0 Å². The van der Waals surface area contributed by atoms with E-state index in [1.165, 1.54) is 10.4 Å².